The third-order valence-corrected chi connectivity index (χ3v) is 5.92. The Morgan fingerprint density at radius 1 is 1.20 bits per heavy atom. The summed E-state index contributed by atoms with van der Waals surface area (Å²) in [5.41, 5.74) is 4.81. The normalized spacial score (nSPS) is 12.0. The molecule has 30 heavy (non-hydrogen) atoms. The number of thiazole rings is 1. The molecule has 0 radical (unpaired) electrons. The van der Waals surface area contributed by atoms with Crippen molar-refractivity contribution < 1.29 is 19.4 Å². The summed E-state index contributed by atoms with van der Waals surface area (Å²) in [6.07, 6.45) is -0.516. The first kappa shape index (κ1) is 22.3. The lowest BCUT2D eigenvalue weighted by atomic mass is 9.97. The van der Waals surface area contributed by atoms with Gasteiger partial charge in [-0.05, 0) is 61.7 Å². The first-order valence-corrected chi connectivity index (χ1v) is 10.9. The molecule has 3 rings (SSSR count). The molecule has 1 atom stereocenters. The molecule has 5 nitrogen and oxygen atoms in total. The zero-order chi connectivity index (χ0) is 21.7. The summed E-state index contributed by atoms with van der Waals surface area (Å²) in [7, 11) is 0. The molecule has 0 aliphatic heterocycles. The van der Waals surface area contributed by atoms with E-state index in [0.717, 1.165) is 38.7 Å². The van der Waals surface area contributed by atoms with Gasteiger partial charge in [0, 0.05) is 29.0 Å². The summed E-state index contributed by atoms with van der Waals surface area (Å²) in [6.45, 7) is 6.44. The molecule has 2 aromatic carbocycles. The number of hydrogen-bond acceptors (Lipinski definition) is 5. The van der Waals surface area contributed by atoms with Gasteiger partial charge in [0.1, 0.15) is 17.4 Å². The van der Waals surface area contributed by atoms with Crippen LogP contribution in [0.15, 0.2) is 41.8 Å². The largest absolute Gasteiger partial charge is 0.487 e. The number of carbonyl (C=O) groups is 1. The summed E-state index contributed by atoms with van der Waals surface area (Å²) >= 11 is 7.51. The van der Waals surface area contributed by atoms with Crippen LogP contribution < -0.4 is 4.74 Å². The summed E-state index contributed by atoms with van der Waals surface area (Å²) in [4.78, 5) is 16.0. The molecule has 0 amide bonds. The number of aliphatic carboxylic acids is 1. The minimum Gasteiger partial charge on any atom is -0.487 e. The van der Waals surface area contributed by atoms with Crippen molar-refractivity contribution >= 4 is 28.9 Å². The van der Waals surface area contributed by atoms with Crippen LogP contribution in [0.3, 0.4) is 0 Å². The smallest absolute Gasteiger partial charge is 0.333 e. The summed E-state index contributed by atoms with van der Waals surface area (Å²) in [5.74, 6) is -0.214. The van der Waals surface area contributed by atoms with E-state index in [4.69, 9.17) is 21.1 Å². The van der Waals surface area contributed by atoms with E-state index in [1.165, 1.54) is 0 Å². The van der Waals surface area contributed by atoms with Gasteiger partial charge >= 0.3 is 5.97 Å². The van der Waals surface area contributed by atoms with Gasteiger partial charge in [0.05, 0.1) is 5.69 Å². The SMILES string of the molecule is CCOC(Cc1c(C)cc(OCc2csc(-c3ccc(Cl)cc3)n2)cc1C)C(=O)O. The maximum Gasteiger partial charge on any atom is 0.333 e. The molecule has 1 heterocycles. The highest BCUT2D eigenvalue weighted by molar-refractivity contribution is 7.13. The van der Waals surface area contributed by atoms with Crippen LogP contribution in [0, 0.1) is 13.8 Å². The Labute approximate surface area is 185 Å². The molecular weight excluding hydrogens is 422 g/mol. The van der Waals surface area contributed by atoms with Crippen LogP contribution in [-0.2, 0) is 22.6 Å². The number of nitrogens with zero attached hydrogens (tertiary/aromatic N) is 1. The van der Waals surface area contributed by atoms with Crippen molar-refractivity contribution in [2.24, 2.45) is 0 Å². The van der Waals surface area contributed by atoms with E-state index in [1.54, 1.807) is 18.3 Å². The summed E-state index contributed by atoms with van der Waals surface area (Å²) in [5, 5.41) is 12.9. The fraction of sp³-hybridized carbons (Fsp3) is 0.304. The molecule has 3 aromatic rings. The molecule has 0 fully saturated rings. The van der Waals surface area contributed by atoms with E-state index in [2.05, 4.69) is 4.98 Å². The quantitative estimate of drug-likeness (QED) is 0.458. The molecule has 0 aliphatic rings. The van der Waals surface area contributed by atoms with Crippen molar-refractivity contribution in [1.82, 2.24) is 4.98 Å². The molecule has 0 saturated carbocycles. The van der Waals surface area contributed by atoms with Gasteiger partial charge in [-0.15, -0.1) is 11.3 Å². The lowest BCUT2D eigenvalue weighted by molar-refractivity contribution is -0.149. The zero-order valence-corrected chi connectivity index (χ0v) is 18.7. The number of rotatable bonds is 9. The van der Waals surface area contributed by atoms with Crippen LogP contribution in [0.25, 0.3) is 10.6 Å². The maximum absolute atomic E-state index is 11.4. The molecule has 1 unspecified atom stereocenters. The topological polar surface area (TPSA) is 68.7 Å². The Kier molecular flexibility index (Phi) is 7.48. The van der Waals surface area contributed by atoms with E-state index in [0.29, 0.717) is 24.7 Å². The number of carboxylic acids is 1. The van der Waals surface area contributed by atoms with Crippen LogP contribution >= 0.6 is 22.9 Å². The second-order valence-electron chi connectivity index (χ2n) is 6.96. The van der Waals surface area contributed by atoms with Gasteiger partial charge in [-0.1, -0.05) is 23.7 Å². The van der Waals surface area contributed by atoms with E-state index >= 15 is 0 Å². The highest BCUT2D eigenvalue weighted by Crippen LogP contribution is 2.27. The molecule has 158 valence electrons. The van der Waals surface area contributed by atoms with Crippen LogP contribution in [0.1, 0.15) is 29.3 Å². The monoisotopic (exact) mass is 445 g/mol. The van der Waals surface area contributed by atoms with Gasteiger partial charge in [-0.25, -0.2) is 9.78 Å². The third-order valence-electron chi connectivity index (χ3n) is 4.73. The number of aryl methyl sites for hydroxylation is 2. The maximum atomic E-state index is 11.4. The molecule has 1 N–H and O–H groups in total. The summed E-state index contributed by atoms with van der Waals surface area (Å²) < 4.78 is 11.3. The van der Waals surface area contributed by atoms with Crippen LogP contribution in [0.2, 0.25) is 5.02 Å². The van der Waals surface area contributed by atoms with Gasteiger partial charge in [0.2, 0.25) is 0 Å². The number of aromatic nitrogens is 1. The molecule has 0 spiro atoms. The number of carboxylic acid groups (broad SMARTS) is 1. The van der Waals surface area contributed by atoms with Crippen molar-refractivity contribution in [3.05, 3.63) is 69.2 Å². The van der Waals surface area contributed by atoms with Gasteiger partial charge in [0.25, 0.3) is 0 Å². The first-order chi connectivity index (χ1) is 14.4. The predicted molar refractivity (Wildman–Crippen MR) is 120 cm³/mol. The molecule has 0 bridgehead atoms. The van der Waals surface area contributed by atoms with Crippen LogP contribution in [0.4, 0.5) is 0 Å². The van der Waals surface area contributed by atoms with Crippen LogP contribution in [0.5, 0.6) is 5.75 Å². The second kappa shape index (κ2) is 10.1. The van der Waals surface area contributed by atoms with Gasteiger partial charge in [-0.2, -0.15) is 0 Å². The zero-order valence-electron chi connectivity index (χ0n) is 17.1. The average Bonchev–Trinajstić information content (AvgIpc) is 3.17. The Balaban J connectivity index is 1.68. The summed E-state index contributed by atoms with van der Waals surface area (Å²) in [6, 6.07) is 11.5. The lowest BCUT2D eigenvalue weighted by Crippen LogP contribution is -2.27. The Bertz CT molecular complexity index is 993. The molecule has 7 heteroatoms. The fourth-order valence-corrected chi connectivity index (χ4v) is 4.16. The lowest BCUT2D eigenvalue weighted by Gasteiger charge is -2.17. The van der Waals surface area contributed by atoms with E-state index in [1.807, 2.05) is 55.6 Å². The molecule has 0 saturated heterocycles. The number of hydrogen-bond donors (Lipinski definition) is 1. The van der Waals surface area contributed by atoms with E-state index in [9.17, 15) is 9.90 Å². The number of benzene rings is 2. The van der Waals surface area contributed by atoms with Crippen molar-refractivity contribution in [3.8, 4) is 16.3 Å². The van der Waals surface area contributed by atoms with Crippen LogP contribution in [-0.4, -0.2) is 28.8 Å². The van der Waals surface area contributed by atoms with Gasteiger partial charge in [-0.3, -0.25) is 0 Å². The first-order valence-electron chi connectivity index (χ1n) is 9.65. The molecule has 0 aliphatic carbocycles. The highest BCUT2D eigenvalue weighted by atomic mass is 35.5. The number of ether oxygens (including phenoxy) is 2. The minimum absolute atomic E-state index is 0.331. The van der Waals surface area contributed by atoms with Crippen molar-refractivity contribution in [1.29, 1.82) is 0 Å². The van der Waals surface area contributed by atoms with Gasteiger partial charge < -0.3 is 14.6 Å². The van der Waals surface area contributed by atoms with Crippen molar-refractivity contribution in [3.63, 3.8) is 0 Å². The average molecular weight is 446 g/mol. The van der Waals surface area contributed by atoms with Crippen molar-refractivity contribution in [2.75, 3.05) is 6.61 Å². The Morgan fingerprint density at radius 2 is 1.87 bits per heavy atom. The highest BCUT2D eigenvalue weighted by Gasteiger charge is 2.20. The van der Waals surface area contributed by atoms with E-state index < -0.39 is 12.1 Å². The molecule has 1 aromatic heterocycles. The fourth-order valence-electron chi connectivity index (χ4n) is 3.22. The van der Waals surface area contributed by atoms with E-state index in [-0.39, 0.29) is 0 Å². The predicted octanol–water partition coefficient (Wildman–Crippen LogP) is 5.69. The second-order valence-corrected chi connectivity index (χ2v) is 8.26. The minimum atomic E-state index is -0.948. The Hall–Kier alpha value is -2.41. The Morgan fingerprint density at radius 3 is 2.47 bits per heavy atom. The number of halogens is 1. The molecular formula is C23H24ClNO4S. The third kappa shape index (κ3) is 5.59. The van der Waals surface area contributed by atoms with Gasteiger partial charge in [0.15, 0.2) is 6.10 Å². The van der Waals surface area contributed by atoms with Crippen molar-refractivity contribution in [2.45, 2.75) is 39.9 Å². The standard InChI is InChI=1S/C23H24ClNO4S/c1-4-28-21(23(26)27)11-20-14(2)9-19(10-15(20)3)29-12-18-13-30-22(25-18)16-5-7-17(24)8-6-16/h5-10,13,21H,4,11-12H2,1-3H3,(H,26,27).